The number of nitrogens with zero attached hydrogens (tertiary/aromatic N) is 1. The Kier molecular flexibility index (Phi) is 4.64. The Morgan fingerprint density at radius 1 is 1.41 bits per heavy atom. The lowest BCUT2D eigenvalue weighted by Crippen LogP contribution is -2.00. The van der Waals surface area contributed by atoms with E-state index in [9.17, 15) is 9.59 Å². The van der Waals surface area contributed by atoms with Crippen LogP contribution >= 0.6 is 0 Å². The van der Waals surface area contributed by atoms with E-state index in [1.165, 1.54) is 19.3 Å². The summed E-state index contributed by atoms with van der Waals surface area (Å²) in [6, 6.07) is 8.58. The summed E-state index contributed by atoms with van der Waals surface area (Å²) in [5.41, 5.74) is 1.02. The summed E-state index contributed by atoms with van der Waals surface area (Å²) in [4.78, 5) is 22.6. The van der Waals surface area contributed by atoms with E-state index in [1.54, 1.807) is 30.3 Å². The van der Waals surface area contributed by atoms with E-state index in [0.717, 1.165) is 0 Å². The first-order valence-electron chi connectivity index (χ1n) is 4.94. The molecule has 0 aliphatic heterocycles. The van der Waals surface area contributed by atoms with Gasteiger partial charge in [0.15, 0.2) is 5.78 Å². The summed E-state index contributed by atoms with van der Waals surface area (Å²) < 4.78 is 4.46. The Bertz CT molecular complexity index is 498. The molecule has 0 unspecified atom stereocenters. The molecule has 0 saturated carbocycles. The van der Waals surface area contributed by atoms with Crippen molar-refractivity contribution in [1.29, 1.82) is 5.26 Å². The highest BCUT2D eigenvalue weighted by Gasteiger charge is 2.08. The van der Waals surface area contributed by atoms with Crippen molar-refractivity contribution in [1.82, 2.24) is 0 Å². The van der Waals surface area contributed by atoms with Crippen LogP contribution < -0.4 is 0 Å². The van der Waals surface area contributed by atoms with Gasteiger partial charge < -0.3 is 4.74 Å². The van der Waals surface area contributed by atoms with Crippen molar-refractivity contribution >= 4 is 17.8 Å². The van der Waals surface area contributed by atoms with E-state index >= 15 is 0 Å². The molecule has 17 heavy (non-hydrogen) atoms. The molecule has 1 aromatic rings. The minimum absolute atomic E-state index is 0.178. The Labute approximate surface area is 99.1 Å². The van der Waals surface area contributed by atoms with Crippen molar-refractivity contribution in [2.24, 2.45) is 0 Å². The van der Waals surface area contributed by atoms with Gasteiger partial charge in [0.05, 0.1) is 19.6 Å². The van der Waals surface area contributed by atoms with Gasteiger partial charge in [-0.1, -0.05) is 24.3 Å². The monoisotopic (exact) mass is 229 g/mol. The minimum Gasteiger partial charge on any atom is -0.466 e. The average molecular weight is 229 g/mol. The van der Waals surface area contributed by atoms with Crippen molar-refractivity contribution in [3.8, 4) is 6.07 Å². The third kappa shape index (κ3) is 3.58. The van der Waals surface area contributed by atoms with Gasteiger partial charge in [0.2, 0.25) is 0 Å². The molecule has 4 nitrogen and oxygen atoms in total. The smallest absolute Gasteiger partial charge is 0.330 e. The molecule has 0 aromatic heterocycles. The van der Waals surface area contributed by atoms with Gasteiger partial charge in [-0.05, 0) is 11.6 Å². The SMILES string of the molecule is COC(=O)C=Cc1ccccc1C(=O)CC#N. The van der Waals surface area contributed by atoms with Crippen LogP contribution in [0.4, 0.5) is 0 Å². The number of hydrogen-bond donors (Lipinski definition) is 0. The molecular formula is C13H11NO3. The van der Waals surface area contributed by atoms with Crippen LogP contribution in [0.2, 0.25) is 0 Å². The molecule has 0 N–H and O–H groups in total. The second-order valence-corrected chi connectivity index (χ2v) is 3.20. The maximum absolute atomic E-state index is 11.6. The van der Waals surface area contributed by atoms with E-state index in [2.05, 4.69) is 4.74 Å². The fraction of sp³-hybridized carbons (Fsp3) is 0.154. The van der Waals surface area contributed by atoms with E-state index < -0.39 is 5.97 Å². The van der Waals surface area contributed by atoms with Crippen molar-refractivity contribution in [3.05, 3.63) is 41.5 Å². The Balaban J connectivity index is 3.01. The fourth-order valence-corrected chi connectivity index (χ4v) is 1.29. The third-order valence-corrected chi connectivity index (χ3v) is 2.10. The third-order valence-electron chi connectivity index (χ3n) is 2.10. The zero-order chi connectivity index (χ0) is 12.7. The number of Topliss-reactive ketones (excluding diaryl/α,β-unsaturated/α-hetero) is 1. The number of esters is 1. The van der Waals surface area contributed by atoms with E-state index in [1.807, 2.05) is 0 Å². The van der Waals surface area contributed by atoms with Crippen LogP contribution in [0.5, 0.6) is 0 Å². The van der Waals surface area contributed by atoms with Gasteiger partial charge in [0.25, 0.3) is 0 Å². The largest absolute Gasteiger partial charge is 0.466 e. The van der Waals surface area contributed by atoms with Gasteiger partial charge in [-0.3, -0.25) is 4.79 Å². The zero-order valence-corrected chi connectivity index (χ0v) is 9.34. The summed E-state index contributed by atoms with van der Waals surface area (Å²) in [7, 11) is 1.28. The quantitative estimate of drug-likeness (QED) is 0.449. The molecule has 0 aliphatic carbocycles. The number of carbonyl (C=O) groups is 2. The highest BCUT2D eigenvalue weighted by molar-refractivity contribution is 6.01. The van der Waals surface area contributed by atoms with Gasteiger partial charge >= 0.3 is 5.97 Å². The normalized spacial score (nSPS) is 9.88. The molecule has 86 valence electrons. The average Bonchev–Trinajstić information content (AvgIpc) is 2.36. The lowest BCUT2D eigenvalue weighted by atomic mass is 10.0. The first kappa shape index (κ1) is 12.7. The van der Waals surface area contributed by atoms with Crippen molar-refractivity contribution in [2.75, 3.05) is 7.11 Å². The Morgan fingerprint density at radius 2 is 2.12 bits per heavy atom. The summed E-state index contributed by atoms with van der Waals surface area (Å²) in [5, 5.41) is 8.48. The highest BCUT2D eigenvalue weighted by atomic mass is 16.5. The van der Waals surface area contributed by atoms with E-state index in [0.29, 0.717) is 11.1 Å². The summed E-state index contributed by atoms with van der Waals surface area (Å²) >= 11 is 0. The maximum atomic E-state index is 11.6. The molecule has 0 atom stereocenters. The number of methoxy groups -OCH3 is 1. The van der Waals surface area contributed by atoms with Gasteiger partial charge in [-0.2, -0.15) is 5.26 Å². The fourth-order valence-electron chi connectivity index (χ4n) is 1.29. The van der Waals surface area contributed by atoms with Gasteiger partial charge in [0.1, 0.15) is 0 Å². The Morgan fingerprint density at radius 3 is 2.76 bits per heavy atom. The second kappa shape index (κ2) is 6.23. The molecule has 4 heteroatoms. The van der Waals surface area contributed by atoms with Gasteiger partial charge in [0, 0.05) is 11.6 Å². The predicted molar refractivity (Wildman–Crippen MR) is 62.1 cm³/mol. The lowest BCUT2D eigenvalue weighted by Gasteiger charge is -2.01. The molecular weight excluding hydrogens is 218 g/mol. The number of rotatable bonds is 4. The second-order valence-electron chi connectivity index (χ2n) is 3.20. The summed E-state index contributed by atoms with van der Waals surface area (Å²) in [5.74, 6) is -0.759. The molecule has 0 aliphatic rings. The Hall–Kier alpha value is -2.41. The van der Waals surface area contributed by atoms with Crippen LogP contribution in [-0.2, 0) is 9.53 Å². The first-order chi connectivity index (χ1) is 8.19. The topological polar surface area (TPSA) is 67.2 Å². The molecule has 0 saturated heterocycles. The molecule has 0 spiro atoms. The van der Waals surface area contributed by atoms with E-state index in [4.69, 9.17) is 5.26 Å². The molecule has 1 rings (SSSR count). The minimum atomic E-state index is -0.493. The molecule has 0 radical (unpaired) electrons. The summed E-state index contributed by atoms with van der Waals surface area (Å²) in [6.45, 7) is 0. The van der Waals surface area contributed by atoms with Crippen molar-refractivity contribution in [2.45, 2.75) is 6.42 Å². The van der Waals surface area contributed by atoms with Crippen LogP contribution in [0.15, 0.2) is 30.3 Å². The molecule has 0 amide bonds. The zero-order valence-electron chi connectivity index (χ0n) is 9.34. The maximum Gasteiger partial charge on any atom is 0.330 e. The number of nitriles is 1. The van der Waals surface area contributed by atoms with Crippen LogP contribution in [0.25, 0.3) is 6.08 Å². The number of ketones is 1. The first-order valence-corrected chi connectivity index (χ1v) is 4.94. The number of benzene rings is 1. The van der Waals surface area contributed by atoms with E-state index in [-0.39, 0.29) is 12.2 Å². The van der Waals surface area contributed by atoms with Crippen molar-refractivity contribution in [3.63, 3.8) is 0 Å². The molecule has 0 bridgehead atoms. The van der Waals surface area contributed by atoms with Crippen LogP contribution in [0.1, 0.15) is 22.3 Å². The van der Waals surface area contributed by atoms with Crippen molar-refractivity contribution < 1.29 is 14.3 Å². The highest BCUT2D eigenvalue weighted by Crippen LogP contribution is 2.13. The van der Waals surface area contributed by atoms with Crippen LogP contribution in [0, 0.1) is 11.3 Å². The van der Waals surface area contributed by atoms with Crippen LogP contribution in [0.3, 0.4) is 0 Å². The molecule has 0 heterocycles. The standard InChI is InChI=1S/C13H11NO3/c1-17-13(16)7-6-10-4-2-3-5-11(10)12(15)8-9-14/h2-7H,8H2,1H3. The lowest BCUT2D eigenvalue weighted by molar-refractivity contribution is -0.134. The number of ether oxygens (including phenoxy) is 1. The number of carbonyl (C=O) groups excluding carboxylic acids is 2. The van der Waals surface area contributed by atoms with Crippen LogP contribution in [-0.4, -0.2) is 18.9 Å². The van der Waals surface area contributed by atoms with Gasteiger partial charge in [-0.25, -0.2) is 4.79 Å². The van der Waals surface area contributed by atoms with Gasteiger partial charge in [-0.15, -0.1) is 0 Å². The molecule has 1 aromatic carbocycles. The predicted octanol–water partition coefficient (Wildman–Crippen LogP) is 1.97. The molecule has 0 fully saturated rings. The summed E-state index contributed by atoms with van der Waals surface area (Å²) in [6.07, 6.45) is 2.55. The number of hydrogen-bond acceptors (Lipinski definition) is 4.